The highest BCUT2D eigenvalue weighted by Crippen LogP contribution is 2.36. The molecule has 3 nitrogen and oxygen atoms in total. The molecular weight excluding hydrogens is 142 g/mol. The quantitative estimate of drug-likeness (QED) is 0.613. The van der Waals surface area contributed by atoms with E-state index in [1.807, 2.05) is 6.07 Å². The first-order chi connectivity index (χ1) is 5.31. The van der Waals surface area contributed by atoms with Gasteiger partial charge in [-0.1, -0.05) is 0 Å². The molecule has 1 aliphatic heterocycles. The zero-order chi connectivity index (χ0) is 7.84. The molecule has 0 fully saturated rings. The van der Waals surface area contributed by atoms with Gasteiger partial charge in [0.15, 0.2) is 0 Å². The predicted molar refractivity (Wildman–Crippen MR) is 41.7 cm³/mol. The molecule has 0 atom stereocenters. The smallest absolute Gasteiger partial charge is 0.142 e. The number of nitrogen functional groups attached to an aromatic ring is 1. The molecule has 0 unspecified atom stereocenters. The molecule has 1 heterocycles. The van der Waals surface area contributed by atoms with Gasteiger partial charge in [0, 0.05) is 11.6 Å². The van der Waals surface area contributed by atoms with Gasteiger partial charge in [-0.15, -0.1) is 0 Å². The lowest BCUT2D eigenvalue weighted by Crippen LogP contribution is -2.10. The number of hydrogen-bond acceptors (Lipinski definition) is 3. The fraction of sp³-hybridized carbons (Fsp3) is 0.250. The second-order valence-corrected chi connectivity index (χ2v) is 2.49. The van der Waals surface area contributed by atoms with Crippen LogP contribution < -0.4 is 15.2 Å². The van der Waals surface area contributed by atoms with Crippen LogP contribution in [0.1, 0.15) is 5.56 Å². The first-order valence-corrected chi connectivity index (χ1v) is 3.40. The van der Waals surface area contributed by atoms with Gasteiger partial charge in [0.05, 0.1) is 12.8 Å². The lowest BCUT2D eigenvalue weighted by atomic mass is 10.1. The molecule has 1 aromatic carbocycles. The number of anilines is 1. The van der Waals surface area contributed by atoms with Gasteiger partial charge in [0.25, 0.3) is 0 Å². The summed E-state index contributed by atoms with van der Waals surface area (Å²) in [5.41, 5.74) is 7.42. The minimum atomic E-state index is 0.631. The summed E-state index contributed by atoms with van der Waals surface area (Å²) in [6.07, 6.45) is 0. The molecule has 0 aromatic heterocycles. The number of methoxy groups -OCH3 is 1. The molecule has 0 saturated carbocycles. The van der Waals surface area contributed by atoms with Crippen LogP contribution >= 0.6 is 0 Å². The van der Waals surface area contributed by atoms with E-state index in [1.165, 1.54) is 0 Å². The van der Waals surface area contributed by atoms with Crippen molar-refractivity contribution in [1.29, 1.82) is 0 Å². The van der Waals surface area contributed by atoms with E-state index in [1.54, 1.807) is 13.2 Å². The first-order valence-electron chi connectivity index (χ1n) is 3.40. The van der Waals surface area contributed by atoms with Gasteiger partial charge in [0.2, 0.25) is 0 Å². The number of benzene rings is 1. The van der Waals surface area contributed by atoms with Crippen LogP contribution in [0.4, 0.5) is 5.69 Å². The van der Waals surface area contributed by atoms with Crippen LogP contribution in [0.25, 0.3) is 0 Å². The van der Waals surface area contributed by atoms with Gasteiger partial charge < -0.3 is 15.2 Å². The SMILES string of the molecule is COc1cc2c(cc1N)OC2. The van der Waals surface area contributed by atoms with E-state index in [9.17, 15) is 0 Å². The molecule has 0 amide bonds. The number of fused-ring (bicyclic) bond motifs is 1. The van der Waals surface area contributed by atoms with Crippen molar-refractivity contribution in [1.82, 2.24) is 0 Å². The van der Waals surface area contributed by atoms with Gasteiger partial charge in [-0.25, -0.2) is 0 Å². The molecule has 3 heteroatoms. The summed E-state index contributed by atoms with van der Waals surface area (Å²) in [4.78, 5) is 0. The zero-order valence-electron chi connectivity index (χ0n) is 6.26. The van der Waals surface area contributed by atoms with Gasteiger partial charge in [0.1, 0.15) is 18.1 Å². The van der Waals surface area contributed by atoms with Gasteiger partial charge >= 0.3 is 0 Å². The van der Waals surface area contributed by atoms with Crippen LogP contribution in [-0.4, -0.2) is 7.11 Å². The predicted octanol–water partition coefficient (Wildman–Crippen LogP) is 1.17. The Morgan fingerprint density at radius 2 is 2.36 bits per heavy atom. The van der Waals surface area contributed by atoms with Crippen molar-refractivity contribution in [3.63, 3.8) is 0 Å². The minimum Gasteiger partial charge on any atom is -0.495 e. The van der Waals surface area contributed by atoms with E-state index in [0.717, 1.165) is 17.1 Å². The summed E-state index contributed by atoms with van der Waals surface area (Å²) < 4.78 is 10.2. The summed E-state index contributed by atoms with van der Waals surface area (Å²) in [5.74, 6) is 1.61. The van der Waals surface area contributed by atoms with E-state index in [4.69, 9.17) is 15.2 Å². The average Bonchev–Trinajstić information content (AvgIpc) is 1.97. The van der Waals surface area contributed by atoms with Crippen LogP contribution in [0.2, 0.25) is 0 Å². The molecule has 2 rings (SSSR count). The summed E-state index contributed by atoms with van der Waals surface area (Å²) in [6, 6.07) is 3.70. The van der Waals surface area contributed by atoms with E-state index >= 15 is 0 Å². The van der Waals surface area contributed by atoms with Crippen molar-refractivity contribution in [2.45, 2.75) is 6.61 Å². The Hall–Kier alpha value is -1.38. The molecule has 2 N–H and O–H groups in total. The van der Waals surface area contributed by atoms with Gasteiger partial charge in [-0.05, 0) is 6.07 Å². The van der Waals surface area contributed by atoms with Crippen LogP contribution in [-0.2, 0) is 6.61 Å². The maximum absolute atomic E-state index is 5.63. The first kappa shape index (κ1) is 6.34. The average molecular weight is 151 g/mol. The molecule has 0 radical (unpaired) electrons. The Balaban J connectivity index is 2.50. The second-order valence-electron chi connectivity index (χ2n) is 2.49. The molecule has 0 spiro atoms. The van der Waals surface area contributed by atoms with Gasteiger partial charge in [-0.2, -0.15) is 0 Å². The molecule has 11 heavy (non-hydrogen) atoms. The summed E-state index contributed by atoms with van der Waals surface area (Å²) in [6.45, 7) is 0.673. The van der Waals surface area contributed by atoms with Crippen molar-refractivity contribution in [2.24, 2.45) is 0 Å². The molecule has 58 valence electrons. The highest BCUT2D eigenvalue weighted by Gasteiger charge is 2.16. The van der Waals surface area contributed by atoms with Crippen LogP contribution in [0.5, 0.6) is 11.5 Å². The monoisotopic (exact) mass is 151 g/mol. The van der Waals surface area contributed by atoms with Gasteiger partial charge in [-0.3, -0.25) is 0 Å². The maximum atomic E-state index is 5.63. The molecule has 1 aromatic rings. The highest BCUT2D eigenvalue weighted by molar-refractivity contribution is 5.60. The van der Waals surface area contributed by atoms with Crippen molar-refractivity contribution in [3.05, 3.63) is 17.7 Å². The Bertz CT molecular complexity index is 296. The molecular formula is C8H9NO2. The lowest BCUT2D eigenvalue weighted by Gasteiger charge is -2.21. The van der Waals surface area contributed by atoms with Crippen LogP contribution in [0.3, 0.4) is 0 Å². The van der Waals surface area contributed by atoms with E-state index in [2.05, 4.69) is 0 Å². The topological polar surface area (TPSA) is 44.5 Å². The van der Waals surface area contributed by atoms with E-state index in [0.29, 0.717) is 12.3 Å². The molecule has 0 saturated heterocycles. The fourth-order valence-corrected chi connectivity index (χ4v) is 1.12. The van der Waals surface area contributed by atoms with E-state index < -0.39 is 0 Å². The number of hydrogen-bond donors (Lipinski definition) is 1. The van der Waals surface area contributed by atoms with Crippen LogP contribution in [0.15, 0.2) is 12.1 Å². The third-order valence-corrected chi connectivity index (χ3v) is 1.80. The summed E-state index contributed by atoms with van der Waals surface area (Å²) in [5, 5.41) is 0. The second kappa shape index (κ2) is 2.05. The van der Waals surface area contributed by atoms with Crippen LogP contribution in [0, 0.1) is 0 Å². The van der Waals surface area contributed by atoms with E-state index in [-0.39, 0.29) is 0 Å². The molecule has 1 aliphatic rings. The number of rotatable bonds is 1. The van der Waals surface area contributed by atoms with Crippen molar-refractivity contribution in [3.8, 4) is 11.5 Å². The third kappa shape index (κ3) is 0.808. The summed E-state index contributed by atoms with van der Waals surface area (Å²) >= 11 is 0. The van der Waals surface area contributed by atoms with Crippen molar-refractivity contribution in [2.75, 3.05) is 12.8 Å². The summed E-state index contributed by atoms with van der Waals surface area (Å²) in [7, 11) is 1.61. The Morgan fingerprint density at radius 3 is 2.91 bits per heavy atom. The highest BCUT2D eigenvalue weighted by atomic mass is 16.5. The Morgan fingerprint density at radius 1 is 1.55 bits per heavy atom. The van der Waals surface area contributed by atoms with Crippen molar-refractivity contribution >= 4 is 5.69 Å². The molecule has 0 bridgehead atoms. The molecule has 0 aliphatic carbocycles. The standard InChI is InChI=1S/C8H9NO2/c1-10-8-2-5-4-11-7(5)3-6(8)9/h2-3H,4,9H2,1H3. The third-order valence-electron chi connectivity index (χ3n) is 1.80. The lowest BCUT2D eigenvalue weighted by molar-refractivity contribution is 0.242. The fourth-order valence-electron chi connectivity index (χ4n) is 1.12. The Kier molecular flexibility index (Phi) is 1.18. The largest absolute Gasteiger partial charge is 0.495 e. The Labute approximate surface area is 64.7 Å². The van der Waals surface area contributed by atoms with Crippen molar-refractivity contribution < 1.29 is 9.47 Å². The minimum absolute atomic E-state index is 0.631. The number of ether oxygens (including phenoxy) is 2. The normalized spacial score (nSPS) is 12.8. The maximum Gasteiger partial charge on any atom is 0.142 e. The zero-order valence-corrected chi connectivity index (χ0v) is 6.26. The number of nitrogens with two attached hydrogens (primary N) is 1.